The minimum atomic E-state index is -0.0951. The van der Waals surface area contributed by atoms with Crippen molar-refractivity contribution in [3.63, 3.8) is 0 Å². The van der Waals surface area contributed by atoms with Gasteiger partial charge in [-0.25, -0.2) is 0 Å². The van der Waals surface area contributed by atoms with Gasteiger partial charge in [-0.05, 0) is 35.9 Å². The molecule has 0 heterocycles. The Morgan fingerprint density at radius 2 is 1.78 bits per heavy atom. The van der Waals surface area contributed by atoms with Crippen LogP contribution in [0.3, 0.4) is 0 Å². The van der Waals surface area contributed by atoms with Crippen LogP contribution in [0.4, 0.5) is 11.4 Å². The lowest BCUT2D eigenvalue weighted by molar-refractivity contribution is -0.114. The van der Waals surface area contributed by atoms with E-state index in [1.807, 2.05) is 54.6 Å². The summed E-state index contributed by atoms with van der Waals surface area (Å²) in [7, 11) is 0. The van der Waals surface area contributed by atoms with Gasteiger partial charge in [0.25, 0.3) is 0 Å². The van der Waals surface area contributed by atoms with E-state index in [2.05, 4.69) is 36.6 Å². The Morgan fingerprint density at radius 1 is 1.00 bits per heavy atom. The van der Waals surface area contributed by atoms with Gasteiger partial charge in [-0.1, -0.05) is 56.3 Å². The average Bonchev–Trinajstić information content (AvgIpc) is 2.66. The Hall–Kier alpha value is -3.01. The molecule has 0 saturated carbocycles. The molecule has 0 aliphatic rings. The van der Waals surface area contributed by atoms with Crippen molar-refractivity contribution in [1.29, 1.82) is 0 Å². The van der Waals surface area contributed by atoms with Crippen LogP contribution in [0, 0.1) is 5.92 Å². The highest BCUT2D eigenvalue weighted by molar-refractivity contribution is 5.98. The van der Waals surface area contributed by atoms with E-state index in [0.717, 1.165) is 34.3 Å². The number of anilines is 2. The molecule has 3 rings (SSSR count). The predicted octanol–water partition coefficient (Wildman–Crippen LogP) is 5.32. The fourth-order valence-corrected chi connectivity index (χ4v) is 2.84. The number of amides is 1. The van der Waals surface area contributed by atoms with Gasteiger partial charge in [-0.2, -0.15) is 0 Å². The topological polar surface area (TPSA) is 50.4 Å². The van der Waals surface area contributed by atoms with Gasteiger partial charge in [0.15, 0.2) is 0 Å². The first kappa shape index (κ1) is 18.8. The molecular formula is C23H26N2O2. The molecule has 140 valence electrons. The van der Waals surface area contributed by atoms with Crippen molar-refractivity contribution in [3.05, 3.63) is 66.7 Å². The summed E-state index contributed by atoms with van der Waals surface area (Å²) in [6.07, 6.45) is 1.01. The molecule has 0 saturated heterocycles. The molecule has 0 fully saturated rings. The van der Waals surface area contributed by atoms with E-state index in [0.29, 0.717) is 12.5 Å². The zero-order chi connectivity index (χ0) is 19.1. The van der Waals surface area contributed by atoms with E-state index in [1.165, 1.54) is 0 Å². The number of rotatable bonds is 8. The first-order valence-electron chi connectivity index (χ1n) is 9.36. The van der Waals surface area contributed by atoms with Crippen molar-refractivity contribution in [1.82, 2.24) is 0 Å². The van der Waals surface area contributed by atoms with Gasteiger partial charge in [0, 0.05) is 22.8 Å². The average molecular weight is 362 g/mol. The Kier molecular flexibility index (Phi) is 6.31. The van der Waals surface area contributed by atoms with Crippen molar-refractivity contribution in [2.75, 3.05) is 23.8 Å². The van der Waals surface area contributed by atoms with Gasteiger partial charge in [-0.3, -0.25) is 4.79 Å². The van der Waals surface area contributed by atoms with Gasteiger partial charge >= 0.3 is 0 Å². The molecule has 0 aromatic heterocycles. The Bertz CT molecular complexity index is 900. The lowest BCUT2D eigenvalue weighted by Crippen LogP contribution is -2.21. The number of fused-ring (bicyclic) bond motifs is 1. The van der Waals surface area contributed by atoms with Crippen LogP contribution in [0.25, 0.3) is 10.8 Å². The summed E-state index contributed by atoms with van der Waals surface area (Å²) in [4.78, 5) is 12.3. The minimum Gasteiger partial charge on any atom is -0.494 e. The smallest absolute Gasteiger partial charge is 0.243 e. The molecule has 2 N–H and O–H groups in total. The maximum Gasteiger partial charge on any atom is 0.243 e. The van der Waals surface area contributed by atoms with Gasteiger partial charge in [-0.15, -0.1) is 0 Å². The van der Waals surface area contributed by atoms with Crippen molar-refractivity contribution >= 4 is 28.1 Å². The molecule has 0 atom stereocenters. The zero-order valence-electron chi connectivity index (χ0n) is 15.9. The third-order valence-corrected chi connectivity index (χ3v) is 4.31. The monoisotopic (exact) mass is 362 g/mol. The summed E-state index contributed by atoms with van der Waals surface area (Å²) in [5, 5.41) is 8.40. The van der Waals surface area contributed by atoms with Gasteiger partial charge < -0.3 is 15.4 Å². The molecule has 3 aromatic rings. The second-order valence-electron chi connectivity index (χ2n) is 6.99. The van der Waals surface area contributed by atoms with E-state index >= 15 is 0 Å². The molecule has 0 aliphatic heterocycles. The van der Waals surface area contributed by atoms with Gasteiger partial charge in [0.2, 0.25) is 5.91 Å². The maximum absolute atomic E-state index is 12.3. The first-order valence-corrected chi connectivity index (χ1v) is 9.36. The zero-order valence-corrected chi connectivity index (χ0v) is 15.9. The number of hydrogen-bond acceptors (Lipinski definition) is 3. The standard InChI is InChI=1S/C23H26N2O2/c1-17(2)13-14-27-20-10-6-9-19(15-20)25-23(26)16-24-22-12-5-8-18-7-3-4-11-21(18)22/h3-12,15,17,24H,13-14,16H2,1-2H3,(H,25,26). The lowest BCUT2D eigenvalue weighted by Gasteiger charge is -2.12. The Balaban J connectivity index is 1.56. The van der Waals surface area contributed by atoms with Crippen LogP contribution in [0.15, 0.2) is 66.7 Å². The number of hydrogen-bond donors (Lipinski definition) is 2. The molecule has 3 aromatic carbocycles. The Morgan fingerprint density at radius 3 is 2.63 bits per heavy atom. The predicted molar refractivity (Wildman–Crippen MR) is 112 cm³/mol. The summed E-state index contributed by atoms with van der Waals surface area (Å²) in [6.45, 7) is 5.22. The highest BCUT2D eigenvalue weighted by Crippen LogP contribution is 2.23. The summed E-state index contributed by atoms with van der Waals surface area (Å²) in [5.41, 5.74) is 1.69. The quantitative estimate of drug-likeness (QED) is 0.570. The van der Waals surface area contributed by atoms with Crippen molar-refractivity contribution in [3.8, 4) is 5.75 Å². The van der Waals surface area contributed by atoms with Crippen LogP contribution in [0.1, 0.15) is 20.3 Å². The van der Waals surface area contributed by atoms with Crippen LogP contribution < -0.4 is 15.4 Å². The molecule has 0 radical (unpaired) electrons. The summed E-state index contributed by atoms with van der Waals surface area (Å²) >= 11 is 0. The highest BCUT2D eigenvalue weighted by atomic mass is 16.5. The van der Waals surface area contributed by atoms with E-state index < -0.39 is 0 Å². The molecule has 0 unspecified atom stereocenters. The first-order chi connectivity index (χ1) is 13.1. The maximum atomic E-state index is 12.3. The third-order valence-electron chi connectivity index (χ3n) is 4.31. The van der Waals surface area contributed by atoms with Crippen molar-refractivity contribution < 1.29 is 9.53 Å². The fraction of sp³-hybridized carbons (Fsp3) is 0.261. The van der Waals surface area contributed by atoms with Gasteiger partial charge in [0.1, 0.15) is 5.75 Å². The van der Waals surface area contributed by atoms with Gasteiger partial charge in [0.05, 0.1) is 13.2 Å². The SMILES string of the molecule is CC(C)CCOc1cccc(NC(=O)CNc2cccc3ccccc23)c1. The summed E-state index contributed by atoms with van der Waals surface area (Å²) in [5.74, 6) is 1.28. The molecular weight excluding hydrogens is 336 g/mol. The van der Waals surface area contributed by atoms with E-state index in [-0.39, 0.29) is 12.5 Å². The number of nitrogens with one attached hydrogen (secondary N) is 2. The third kappa shape index (κ3) is 5.48. The van der Waals surface area contributed by atoms with Crippen LogP contribution >= 0.6 is 0 Å². The Labute approximate surface area is 160 Å². The molecule has 0 aliphatic carbocycles. The summed E-state index contributed by atoms with van der Waals surface area (Å²) < 4.78 is 5.75. The van der Waals surface area contributed by atoms with Crippen molar-refractivity contribution in [2.45, 2.75) is 20.3 Å². The van der Waals surface area contributed by atoms with Crippen LogP contribution in [0.2, 0.25) is 0 Å². The number of carbonyl (C=O) groups is 1. The number of benzene rings is 3. The van der Waals surface area contributed by atoms with E-state index in [1.54, 1.807) is 0 Å². The number of carbonyl (C=O) groups excluding carboxylic acids is 1. The van der Waals surface area contributed by atoms with Crippen LogP contribution in [-0.4, -0.2) is 19.1 Å². The molecule has 4 heteroatoms. The van der Waals surface area contributed by atoms with E-state index in [4.69, 9.17) is 4.74 Å². The normalized spacial score (nSPS) is 10.8. The molecule has 1 amide bonds. The number of ether oxygens (including phenoxy) is 1. The molecule has 4 nitrogen and oxygen atoms in total. The van der Waals surface area contributed by atoms with Crippen molar-refractivity contribution in [2.24, 2.45) is 5.92 Å². The molecule has 0 spiro atoms. The second-order valence-corrected chi connectivity index (χ2v) is 6.99. The van der Waals surface area contributed by atoms with Crippen LogP contribution in [-0.2, 0) is 4.79 Å². The summed E-state index contributed by atoms with van der Waals surface area (Å²) in [6, 6.07) is 21.7. The molecule has 27 heavy (non-hydrogen) atoms. The fourth-order valence-electron chi connectivity index (χ4n) is 2.84. The minimum absolute atomic E-state index is 0.0951. The van der Waals surface area contributed by atoms with E-state index in [9.17, 15) is 4.79 Å². The molecule has 0 bridgehead atoms. The largest absolute Gasteiger partial charge is 0.494 e. The highest BCUT2D eigenvalue weighted by Gasteiger charge is 2.06. The second kappa shape index (κ2) is 9.08. The van der Waals surface area contributed by atoms with Crippen LogP contribution in [0.5, 0.6) is 5.75 Å². The lowest BCUT2D eigenvalue weighted by atomic mass is 10.1.